The van der Waals surface area contributed by atoms with Crippen molar-refractivity contribution in [2.45, 2.75) is 135 Å². The highest BCUT2D eigenvalue weighted by Gasteiger charge is 2.53. The topological polar surface area (TPSA) is 554 Å². The number of methoxy groups -OCH3 is 3. The summed E-state index contributed by atoms with van der Waals surface area (Å²) < 4.78 is 174. The van der Waals surface area contributed by atoms with Crippen LogP contribution in [0.4, 0.5) is 43.9 Å². The van der Waals surface area contributed by atoms with E-state index in [1.807, 2.05) is 0 Å². The van der Waals surface area contributed by atoms with Crippen LogP contribution in [0.3, 0.4) is 0 Å². The van der Waals surface area contributed by atoms with Crippen LogP contribution in [-0.2, 0) is 33.2 Å². The summed E-state index contributed by atoms with van der Waals surface area (Å²) in [6.45, 7) is -1.62. The number of hydrogen-bond donors (Lipinski definition) is 15. The first-order valence-electron chi connectivity index (χ1n) is 42.4. The number of amides is 2. The summed E-state index contributed by atoms with van der Waals surface area (Å²) in [6.07, 6.45) is -14.1. The van der Waals surface area contributed by atoms with Crippen molar-refractivity contribution in [1.29, 1.82) is 0 Å². The molecule has 0 bridgehead atoms. The zero-order valence-electron chi connectivity index (χ0n) is 73.8. The van der Waals surface area contributed by atoms with Gasteiger partial charge in [-0.3, -0.25) is 14.4 Å². The molecular formula is C89H100ClF10N15O24. The lowest BCUT2D eigenvalue weighted by Crippen LogP contribution is -2.62. The Morgan fingerprint density at radius 3 is 0.993 bits per heavy atom. The first-order valence-corrected chi connectivity index (χ1v) is 42.8. The zero-order valence-corrected chi connectivity index (χ0v) is 74.6. The van der Waals surface area contributed by atoms with Crippen molar-refractivity contribution in [3.05, 3.63) is 251 Å². The standard InChI is InChI=1S/C24H25F3N4O6.C23H23F3N4O6.C18H24FN3O5.C14H16FN3O5.C7H3ClF2O.C3H9NO/c1-36-8-7-30(23(35)14-5-6-16(26)17(27)10-14)24-22(34)20(21(33)19(12-32)37-24)31-11-18(28-29-31)13-3-2-4-15(25)9-13;24-14-3-1-2-12(8-14)17-10-30(28-27-17)19-20(33)18(11-32)36-23(21(19)34)29(6-7-31)22(35)13-4-5-15(25)16(26)9-13;1-26-7-3-6-14-17(24)16(18(25)15(10-23)27-14)22-9-13(20-21-22)11-4-2-5-12(19)8-11;15-8-3-1-2-7(4-8)9-5-18(17-16-9)11-12(20)10(6-19)23-14(22)13(11)21;8-7(11)4-1-2-5(9)6(10)3-4;1-5-3-2-4/h2-6,9-11,19-22,24,32-34H,7-8,12H2,1H3;1-5,8-10,18-21,23,31-34H,6-7,11H2;2,4-5,8-9,14-18,23-25H,3,6-7,10H2,1H3;1-5,10-14,19-22H,6H2;1-3H;2-4H2,1H3/t19?,20-,21-,22?,24?;18?,19-,20-,21?,23?;14?,15?,16-,17?,18+;10?,11-,12-,13?,14?;;/m0010../s1. The van der Waals surface area contributed by atoms with Gasteiger partial charge >= 0.3 is 0 Å². The van der Waals surface area contributed by atoms with Gasteiger partial charge in [-0.25, -0.2) is 62.6 Å². The molecule has 20 atom stereocenters. The second-order valence-electron chi connectivity index (χ2n) is 31.2. The van der Waals surface area contributed by atoms with E-state index in [0.29, 0.717) is 78.4 Å². The van der Waals surface area contributed by atoms with Gasteiger partial charge in [-0.15, -0.1) is 20.4 Å². The van der Waals surface area contributed by atoms with E-state index in [1.54, 1.807) is 44.6 Å². The fourth-order valence-corrected chi connectivity index (χ4v) is 15.1. The Labute approximate surface area is 789 Å². The van der Waals surface area contributed by atoms with Crippen molar-refractivity contribution in [2.24, 2.45) is 5.73 Å². The van der Waals surface area contributed by atoms with Gasteiger partial charge in [0.15, 0.2) is 53.6 Å². The Balaban J connectivity index is 0.000000183. The van der Waals surface area contributed by atoms with E-state index in [4.69, 9.17) is 45.8 Å². The molecule has 0 saturated carbocycles. The summed E-state index contributed by atoms with van der Waals surface area (Å²) in [6, 6.07) is 26.0. The minimum atomic E-state index is -1.68. The van der Waals surface area contributed by atoms with E-state index in [9.17, 15) is 130 Å². The number of ether oxygens (including phenoxy) is 7. The van der Waals surface area contributed by atoms with Crippen molar-refractivity contribution in [2.75, 3.05) is 93.8 Å². The maximum atomic E-state index is 13.8. The average Bonchev–Trinajstić information content (AvgIpc) is 1.51. The van der Waals surface area contributed by atoms with Gasteiger partial charge in [0, 0.05) is 86.5 Å². The molecule has 4 aromatic heterocycles. The number of halogens is 11. The number of rotatable bonds is 28. The van der Waals surface area contributed by atoms with Crippen LogP contribution >= 0.6 is 11.6 Å². The van der Waals surface area contributed by atoms with Crippen LogP contribution < -0.4 is 5.73 Å². The Morgan fingerprint density at radius 1 is 0.374 bits per heavy atom. The van der Waals surface area contributed by atoms with Gasteiger partial charge in [-0.2, -0.15) is 0 Å². The molecule has 11 aromatic rings. The Hall–Kier alpha value is -11.6. The quantitative estimate of drug-likeness (QED) is 0.0190. The molecule has 139 heavy (non-hydrogen) atoms. The molecular weight excluding hydrogens is 1890 g/mol. The molecule has 7 aromatic carbocycles. The maximum Gasteiger partial charge on any atom is 0.256 e. The third-order valence-corrected chi connectivity index (χ3v) is 22.2. The normalized spacial score (nSPS) is 24.3. The minimum Gasteiger partial charge on any atom is -0.395 e. The smallest absolute Gasteiger partial charge is 0.256 e. The lowest BCUT2D eigenvalue weighted by Gasteiger charge is -2.46. The average molecular weight is 1990 g/mol. The molecule has 16 N–H and O–H groups in total. The number of hydrogen-bond acceptors (Lipinski definition) is 33. The number of nitrogens with two attached hydrogens (primary N) is 1. The molecule has 12 unspecified atom stereocenters. The number of aliphatic hydroxyl groups excluding tert-OH is 14. The molecule has 4 fully saturated rings. The third-order valence-electron chi connectivity index (χ3n) is 22.0. The molecule has 4 saturated heterocycles. The van der Waals surface area contributed by atoms with Gasteiger partial charge in [-0.1, -0.05) is 69.4 Å². The largest absolute Gasteiger partial charge is 0.395 e. The molecule has 0 aliphatic carbocycles. The van der Waals surface area contributed by atoms with Crippen LogP contribution in [-0.4, -0.2) is 350 Å². The molecule has 8 heterocycles. The Morgan fingerprint density at radius 2 is 0.683 bits per heavy atom. The van der Waals surface area contributed by atoms with Crippen molar-refractivity contribution in [3.63, 3.8) is 0 Å². The van der Waals surface area contributed by atoms with Crippen LogP contribution in [0.15, 0.2) is 176 Å². The molecule has 752 valence electrons. The molecule has 4 aliphatic rings. The van der Waals surface area contributed by atoms with E-state index >= 15 is 0 Å². The fraction of sp³-hybridized carbons (Fsp3) is 0.404. The van der Waals surface area contributed by atoms with Gasteiger partial charge in [0.1, 0.15) is 143 Å². The highest BCUT2D eigenvalue weighted by Crippen LogP contribution is 2.39. The highest BCUT2D eigenvalue weighted by atomic mass is 35.5. The first kappa shape index (κ1) is 109. The highest BCUT2D eigenvalue weighted by molar-refractivity contribution is 6.67. The maximum absolute atomic E-state index is 13.8. The van der Waals surface area contributed by atoms with E-state index in [1.165, 1.54) is 108 Å². The number of benzene rings is 7. The number of nitrogens with zero attached hydrogens (tertiary/aromatic N) is 14. The summed E-state index contributed by atoms with van der Waals surface area (Å²) in [5.74, 6) is -10.4. The van der Waals surface area contributed by atoms with Crippen molar-refractivity contribution >= 4 is 28.7 Å². The zero-order chi connectivity index (χ0) is 101. The minimum absolute atomic E-state index is 0.00788. The van der Waals surface area contributed by atoms with Crippen LogP contribution in [0.5, 0.6) is 0 Å². The predicted molar refractivity (Wildman–Crippen MR) is 463 cm³/mol. The lowest BCUT2D eigenvalue weighted by atomic mass is 9.90. The number of aliphatic hydroxyl groups is 14. The summed E-state index contributed by atoms with van der Waals surface area (Å²) in [5, 5.41) is 174. The fourth-order valence-electron chi connectivity index (χ4n) is 15.0. The number of carbonyl (C=O) groups excluding carboxylic acids is 3. The van der Waals surface area contributed by atoms with Gasteiger partial charge < -0.3 is 120 Å². The second-order valence-corrected chi connectivity index (χ2v) is 31.5. The number of aromatic nitrogens is 12. The van der Waals surface area contributed by atoms with Gasteiger partial charge in [0.2, 0.25) is 0 Å². The van der Waals surface area contributed by atoms with Crippen LogP contribution in [0.25, 0.3) is 45.0 Å². The Kier molecular flexibility index (Phi) is 41.0. The molecule has 39 nitrogen and oxygen atoms in total. The van der Waals surface area contributed by atoms with Gasteiger partial charge in [0.05, 0.1) is 77.1 Å². The SMILES string of the molecule is COCCCC1OC(CO)[C@H](O)[C@H](n2cc(-c3cccc(F)c3)nn2)C1O.COCCN.COCCN(C(=O)c1ccc(F)c(F)c1)C1OC(CO)[C@H](O)[C@H](n2cc(-c3cccc(F)c3)nn2)C1O.O=C(Cl)c1ccc(F)c(F)c1.O=C(c1ccc(F)c(F)c1)N(CCO)C1OC(CO)[C@H](O)[C@H](n2cc(-c3cccc(F)c3)nn2)C1O.OCC1OC(O)C(O)[C@@H](n2cc(-c3cccc(F)c3)nn2)[C@H]1O. The first-order chi connectivity index (χ1) is 66.6. The molecule has 0 spiro atoms. The van der Waals surface area contributed by atoms with Crippen LogP contribution in [0, 0.1) is 58.2 Å². The molecule has 2 amide bonds. The molecule has 50 heteroatoms. The van der Waals surface area contributed by atoms with E-state index in [0.717, 1.165) is 61.6 Å². The summed E-state index contributed by atoms with van der Waals surface area (Å²) in [7, 11) is 4.60. The van der Waals surface area contributed by atoms with Crippen molar-refractivity contribution in [1.82, 2.24) is 69.8 Å². The van der Waals surface area contributed by atoms with E-state index < -0.39 is 231 Å². The van der Waals surface area contributed by atoms with Gasteiger partial charge in [-0.05, 0) is 128 Å². The molecule has 0 radical (unpaired) electrons. The van der Waals surface area contributed by atoms with Crippen molar-refractivity contribution < 1.29 is 163 Å². The van der Waals surface area contributed by atoms with E-state index in [-0.39, 0.29) is 47.8 Å². The van der Waals surface area contributed by atoms with Crippen LogP contribution in [0.1, 0.15) is 68.1 Å². The molecule has 4 aliphatic heterocycles. The summed E-state index contributed by atoms with van der Waals surface area (Å²) in [4.78, 5) is 38.7. The monoisotopic (exact) mass is 1990 g/mol. The Bertz CT molecular complexity index is 5780. The summed E-state index contributed by atoms with van der Waals surface area (Å²) in [5.41, 5.74) is 7.47. The predicted octanol–water partition coefficient (Wildman–Crippen LogP) is 3.13. The van der Waals surface area contributed by atoms with E-state index in [2.05, 4.69) is 46.0 Å². The summed E-state index contributed by atoms with van der Waals surface area (Å²) >= 11 is 5.00. The third kappa shape index (κ3) is 27.8. The van der Waals surface area contributed by atoms with Crippen molar-refractivity contribution in [3.8, 4) is 45.0 Å². The molecule has 15 rings (SSSR count). The number of carbonyl (C=O) groups is 3. The lowest BCUT2D eigenvalue weighted by molar-refractivity contribution is -0.270. The second kappa shape index (κ2) is 52.1. The van der Waals surface area contributed by atoms with Crippen LogP contribution in [0.2, 0.25) is 0 Å². The van der Waals surface area contributed by atoms with Gasteiger partial charge in [0.25, 0.3) is 17.1 Å².